The summed E-state index contributed by atoms with van der Waals surface area (Å²) in [6.07, 6.45) is 4.57. The smallest absolute Gasteiger partial charge is 0.266 e. The molecule has 4 heterocycles. The molecule has 3 aromatic heterocycles. The molecule has 170 valence electrons. The van der Waals surface area contributed by atoms with Gasteiger partial charge >= 0.3 is 0 Å². The van der Waals surface area contributed by atoms with E-state index in [4.69, 9.17) is 16.3 Å². The standard InChI is InChI=1S/C23H21ClFN5O3/c24-17-9-26-22(28-19-13-33-12-15(19)11-31)7-21(17)29-6-5-20-16(23(29)32)8-27-30(20)10-14-3-1-2-4-18(14)25/h1-9,15,19,31H,10-13H2,(H,26,28)/t15-,19?/m0/s1. The van der Waals surface area contributed by atoms with Crippen LogP contribution in [0.5, 0.6) is 0 Å². The summed E-state index contributed by atoms with van der Waals surface area (Å²) in [5, 5.41) is 17.7. The number of benzene rings is 1. The van der Waals surface area contributed by atoms with Crippen molar-refractivity contribution in [3.8, 4) is 5.69 Å². The Kier molecular flexibility index (Phi) is 5.84. The fourth-order valence-corrected chi connectivity index (χ4v) is 4.20. The van der Waals surface area contributed by atoms with Gasteiger partial charge in [0.2, 0.25) is 0 Å². The molecule has 8 nitrogen and oxygen atoms in total. The molecule has 0 amide bonds. The van der Waals surface area contributed by atoms with Crippen molar-refractivity contribution in [2.24, 2.45) is 5.92 Å². The van der Waals surface area contributed by atoms with Crippen molar-refractivity contribution in [1.82, 2.24) is 19.3 Å². The van der Waals surface area contributed by atoms with Gasteiger partial charge in [-0.15, -0.1) is 0 Å². The second-order valence-electron chi connectivity index (χ2n) is 7.94. The third kappa shape index (κ3) is 4.10. The third-order valence-corrected chi connectivity index (χ3v) is 6.14. The molecule has 1 fully saturated rings. The fourth-order valence-electron chi connectivity index (χ4n) is 4.00. The van der Waals surface area contributed by atoms with Gasteiger partial charge in [-0.25, -0.2) is 9.37 Å². The van der Waals surface area contributed by atoms with Crippen molar-refractivity contribution in [3.05, 3.63) is 81.7 Å². The highest BCUT2D eigenvalue weighted by Crippen LogP contribution is 2.25. The van der Waals surface area contributed by atoms with E-state index in [1.54, 1.807) is 41.2 Å². The van der Waals surface area contributed by atoms with Crippen LogP contribution in [0.2, 0.25) is 5.02 Å². The summed E-state index contributed by atoms with van der Waals surface area (Å²) in [5.41, 5.74) is 1.24. The summed E-state index contributed by atoms with van der Waals surface area (Å²) in [6, 6.07) is 9.82. The number of nitrogens with one attached hydrogen (secondary N) is 1. The number of fused-ring (bicyclic) bond motifs is 1. The largest absolute Gasteiger partial charge is 0.396 e. The molecule has 2 N–H and O–H groups in total. The van der Waals surface area contributed by atoms with Gasteiger partial charge in [0.05, 0.1) is 66.4 Å². The van der Waals surface area contributed by atoms with Gasteiger partial charge in [0.15, 0.2) is 0 Å². The number of rotatable bonds is 6. The lowest BCUT2D eigenvalue weighted by Gasteiger charge is -2.18. The predicted octanol–water partition coefficient (Wildman–Crippen LogP) is 2.84. The Labute approximate surface area is 193 Å². The van der Waals surface area contributed by atoms with E-state index in [9.17, 15) is 14.3 Å². The van der Waals surface area contributed by atoms with E-state index in [1.807, 2.05) is 0 Å². The van der Waals surface area contributed by atoms with Gasteiger partial charge in [-0.1, -0.05) is 29.8 Å². The van der Waals surface area contributed by atoms with Gasteiger partial charge in [-0.3, -0.25) is 14.0 Å². The fraction of sp³-hybridized carbons (Fsp3) is 0.261. The normalized spacial score (nSPS) is 18.2. The van der Waals surface area contributed by atoms with Crippen LogP contribution in [0.25, 0.3) is 16.6 Å². The minimum absolute atomic E-state index is 0.00507. The van der Waals surface area contributed by atoms with Crippen molar-refractivity contribution in [2.75, 3.05) is 25.1 Å². The number of pyridine rings is 2. The molecule has 1 unspecified atom stereocenters. The number of hydrogen-bond donors (Lipinski definition) is 2. The minimum Gasteiger partial charge on any atom is -0.396 e. The molecule has 0 spiro atoms. The zero-order chi connectivity index (χ0) is 22.9. The molecule has 0 radical (unpaired) electrons. The number of anilines is 1. The van der Waals surface area contributed by atoms with Gasteiger partial charge in [0.1, 0.15) is 11.6 Å². The zero-order valence-corrected chi connectivity index (χ0v) is 18.2. The second-order valence-corrected chi connectivity index (χ2v) is 8.34. The van der Waals surface area contributed by atoms with E-state index in [-0.39, 0.29) is 36.5 Å². The van der Waals surface area contributed by atoms with E-state index in [0.29, 0.717) is 46.2 Å². The van der Waals surface area contributed by atoms with Crippen LogP contribution in [-0.2, 0) is 11.3 Å². The van der Waals surface area contributed by atoms with Gasteiger partial charge < -0.3 is 15.2 Å². The van der Waals surface area contributed by atoms with E-state index in [1.165, 1.54) is 23.0 Å². The number of ether oxygens (including phenoxy) is 1. The molecule has 33 heavy (non-hydrogen) atoms. The summed E-state index contributed by atoms with van der Waals surface area (Å²) < 4.78 is 22.5. The van der Waals surface area contributed by atoms with E-state index in [0.717, 1.165) is 0 Å². The van der Waals surface area contributed by atoms with Gasteiger partial charge in [0.25, 0.3) is 5.56 Å². The SMILES string of the molecule is O=c1c2cnn(Cc3ccccc3F)c2ccn1-c1cc(NC2COC[C@@H]2CO)ncc1Cl. The van der Waals surface area contributed by atoms with Crippen molar-refractivity contribution in [3.63, 3.8) is 0 Å². The van der Waals surface area contributed by atoms with Gasteiger partial charge in [-0.05, 0) is 12.1 Å². The molecule has 10 heteroatoms. The molecule has 0 bridgehead atoms. The van der Waals surface area contributed by atoms with E-state index in [2.05, 4.69) is 15.4 Å². The maximum Gasteiger partial charge on any atom is 0.266 e. The molecule has 1 aromatic carbocycles. The summed E-state index contributed by atoms with van der Waals surface area (Å²) in [6.45, 7) is 1.14. The van der Waals surface area contributed by atoms with Crippen LogP contribution in [0.15, 0.2) is 59.8 Å². The highest BCUT2D eigenvalue weighted by Gasteiger charge is 2.28. The van der Waals surface area contributed by atoms with Gasteiger partial charge in [-0.2, -0.15) is 5.10 Å². The molecular weight excluding hydrogens is 449 g/mol. The first kappa shape index (κ1) is 21.6. The Balaban J connectivity index is 1.48. The molecule has 2 atom stereocenters. The van der Waals surface area contributed by atoms with Crippen LogP contribution in [0.4, 0.5) is 10.2 Å². The average molecular weight is 470 g/mol. The van der Waals surface area contributed by atoms with Crippen molar-refractivity contribution < 1.29 is 14.2 Å². The number of aromatic nitrogens is 4. The van der Waals surface area contributed by atoms with Crippen molar-refractivity contribution in [1.29, 1.82) is 0 Å². The Bertz CT molecular complexity index is 1370. The van der Waals surface area contributed by atoms with Crippen LogP contribution in [0.3, 0.4) is 0 Å². The minimum atomic E-state index is -0.325. The molecule has 1 aliphatic rings. The molecule has 4 aromatic rings. The maximum atomic E-state index is 14.1. The molecular formula is C23H21ClFN5O3. The summed E-state index contributed by atoms with van der Waals surface area (Å²) in [5.74, 6) is 0.157. The highest BCUT2D eigenvalue weighted by molar-refractivity contribution is 6.32. The average Bonchev–Trinajstić information content (AvgIpc) is 3.44. The van der Waals surface area contributed by atoms with Crippen LogP contribution >= 0.6 is 11.6 Å². The van der Waals surface area contributed by atoms with Gasteiger partial charge in [0, 0.05) is 23.7 Å². The summed E-state index contributed by atoms with van der Waals surface area (Å²) >= 11 is 6.38. The lowest BCUT2D eigenvalue weighted by Crippen LogP contribution is -2.30. The molecule has 0 saturated carbocycles. The number of aliphatic hydroxyl groups excluding tert-OH is 1. The predicted molar refractivity (Wildman–Crippen MR) is 122 cm³/mol. The maximum absolute atomic E-state index is 14.1. The molecule has 5 rings (SSSR count). The second kappa shape index (κ2) is 8.93. The van der Waals surface area contributed by atoms with Crippen LogP contribution in [0.1, 0.15) is 5.56 Å². The van der Waals surface area contributed by atoms with Crippen LogP contribution in [-0.4, -0.2) is 50.3 Å². The highest BCUT2D eigenvalue weighted by atomic mass is 35.5. The molecule has 0 aliphatic carbocycles. The Morgan fingerprint density at radius 1 is 1.24 bits per heavy atom. The first-order valence-corrected chi connectivity index (χ1v) is 10.8. The van der Waals surface area contributed by atoms with Crippen molar-refractivity contribution >= 4 is 28.3 Å². The Morgan fingerprint density at radius 2 is 2.09 bits per heavy atom. The van der Waals surface area contributed by atoms with Crippen molar-refractivity contribution in [2.45, 2.75) is 12.6 Å². The topological polar surface area (TPSA) is 94.2 Å². The first-order valence-electron chi connectivity index (χ1n) is 10.5. The zero-order valence-electron chi connectivity index (χ0n) is 17.5. The van der Waals surface area contributed by atoms with Crippen LogP contribution in [0, 0.1) is 11.7 Å². The molecule has 1 aliphatic heterocycles. The molecule has 1 saturated heterocycles. The lowest BCUT2D eigenvalue weighted by molar-refractivity contribution is 0.161. The third-order valence-electron chi connectivity index (χ3n) is 5.85. The number of halogens is 2. The first-order chi connectivity index (χ1) is 16.0. The number of hydrogen-bond acceptors (Lipinski definition) is 6. The summed E-state index contributed by atoms with van der Waals surface area (Å²) in [4.78, 5) is 17.6. The quantitative estimate of drug-likeness (QED) is 0.451. The monoisotopic (exact) mass is 469 g/mol. The summed E-state index contributed by atoms with van der Waals surface area (Å²) in [7, 11) is 0. The Hall–Kier alpha value is -3.27. The van der Waals surface area contributed by atoms with E-state index < -0.39 is 0 Å². The van der Waals surface area contributed by atoms with Crippen LogP contribution < -0.4 is 10.9 Å². The lowest BCUT2D eigenvalue weighted by atomic mass is 10.1. The van der Waals surface area contributed by atoms with E-state index >= 15 is 0 Å². The Morgan fingerprint density at radius 3 is 2.91 bits per heavy atom. The number of aliphatic hydroxyl groups is 1. The number of nitrogens with zero attached hydrogens (tertiary/aromatic N) is 4.